The van der Waals surface area contributed by atoms with Crippen molar-refractivity contribution < 1.29 is 4.79 Å². The Morgan fingerprint density at radius 2 is 2.06 bits per heavy atom. The lowest BCUT2D eigenvalue weighted by Crippen LogP contribution is -2.32. The lowest BCUT2D eigenvalue weighted by Gasteiger charge is -2.08. The number of fused-ring (bicyclic) bond motifs is 1. The van der Waals surface area contributed by atoms with E-state index in [-0.39, 0.29) is 18.3 Å². The van der Waals surface area contributed by atoms with Crippen LogP contribution in [0.15, 0.2) is 22.7 Å². The maximum Gasteiger partial charge on any atom is 0.251 e. The molecule has 2 aliphatic rings. The standard InChI is InChI=1S/C13H15BrN2O.ClH/c1-7-4-8(2-3-11(7)14)13(17)16-12-9-5-15-6-10(9)12;/h2-4,9-10,12,15H,5-6H2,1H3,(H,16,17);1H. The molecule has 0 spiro atoms. The van der Waals surface area contributed by atoms with Crippen molar-refractivity contribution >= 4 is 34.2 Å². The van der Waals surface area contributed by atoms with Crippen LogP contribution in [0.1, 0.15) is 15.9 Å². The summed E-state index contributed by atoms with van der Waals surface area (Å²) >= 11 is 3.44. The van der Waals surface area contributed by atoms with Gasteiger partial charge in [-0.15, -0.1) is 12.4 Å². The van der Waals surface area contributed by atoms with Gasteiger partial charge in [-0.3, -0.25) is 4.79 Å². The highest BCUT2D eigenvalue weighted by Gasteiger charge is 2.53. The van der Waals surface area contributed by atoms with Gasteiger partial charge in [0.25, 0.3) is 5.91 Å². The highest BCUT2D eigenvalue weighted by molar-refractivity contribution is 9.10. The largest absolute Gasteiger partial charge is 0.349 e. The molecule has 2 atom stereocenters. The monoisotopic (exact) mass is 330 g/mol. The second-order valence-corrected chi connectivity index (χ2v) is 5.80. The minimum absolute atomic E-state index is 0. The van der Waals surface area contributed by atoms with E-state index in [0.717, 1.165) is 28.7 Å². The quantitative estimate of drug-likeness (QED) is 0.871. The zero-order chi connectivity index (χ0) is 12.0. The summed E-state index contributed by atoms with van der Waals surface area (Å²) in [4.78, 5) is 12.0. The Bertz CT molecular complexity index is 470. The lowest BCUT2D eigenvalue weighted by atomic mass is 10.1. The Morgan fingerprint density at radius 1 is 1.39 bits per heavy atom. The summed E-state index contributed by atoms with van der Waals surface area (Å²) in [6, 6.07) is 6.12. The molecule has 3 rings (SSSR count). The minimum Gasteiger partial charge on any atom is -0.349 e. The predicted octanol–water partition coefficient (Wildman–Crippen LogP) is 2.13. The number of halogens is 2. The van der Waals surface area contributed by atoms with Gasteiger partial charge in [-0.25, -0.2) is 0 Å². The van der Waals surface area contributed by atoms with E-state index in [1.54, 1.807) is 0 Å². The lowest BCUT2D eigenvalue weighted by molar-refractivity contribution is 0.0946. The smallest absolute Gasteiger partial charge is 0.251 e. The van der Waals surface area contributed by atoms with Gasteiger partial charge in [0, 0.05) is 29.2 Å². The van der Waals surface area contributed by atoms with Crippen molar-refractivity contribution in [1.29, 1.82) is 0 Å². The van der Waals surface area contributed by atoms with E-state index in [0.29, 0.717) is 17.9 Å². The summed E-state index contributed by atoms with van der Waals surface area (Å²) in [7, 11) is 0. The van der Waals surface area contributed by atoms with Crippen molar-refractivity contribution in [1.82, 2.24) is 10.6 Å². The third-order valence-electron chi connectivity index (χ3n) is 3.81. The Labute approximate surface area is 121 Å². The van der Waals surface area contributed by atoms with Crippen LogP contribution in [0.2, 0.25) is 0 Å². The molecule has 1 aromatic carbocycles. The Morgan fingerprint density at radius 3 is 2.67 bits per heavy atom. The third-order valence-corrected chi connectivity index (χ3v) is 4.70. The van der Waals surface area contributed by atoms with Crippen LogP contribution in [0.4, 0.5) is 0 Å². The van der Waals surface area contributed by atoms with E-state index in [1.807, 2.05) is 25.1 Å². The average molecular weight is 332 g/mol. The maximum atomic E-state index is 12.0. The topological polar surface area (TPSA) is 41.1 Å². The zero-order valence-corrected chi connectivity index (χ0v) is 12.5. The molecule has 3 nitrogen and oxygen atoms in total. The highest BCUT2D eigenvalue weighted by atomic mass is 79.9. The molecule has 1 saturated carbocycles. The van der Waals surface area contributed by atoms with Crippen LogP contribution in [-0.4, -0.2) is 25.0 Å². The molecule has 2 N–H and O–H groups in total. The number of nitrogens with one attached hydrogen (secondary N) is 2. The number of rotatable bonds is 2. The molecule has 1 aliphatic carbocycles. The molecule has 1 heterocycles. The minimum atomic E-state index is 0. The number of carbonyl (C=O) groups excluding carboxylic acids is 1. The van der Waals surface area contributed by atoms with E-state index in [1.165, 1.54) is 0 Å². The molecule has 1 amide bonds. The molecule has 0 aromatic heterocycles. The molecule has 18 heavy (non-hydrogen) atoms. The molecule has 1 aromatic rings. The normalized spacial score (nSPS) is 28.2. The molecule has 5 heteroatoms. The van der Waals surface area contributed by atoms with Crippen LogP contribution < -0.4 is 10.6 Å². The first kappa shape index (κ1) is 13.8. The van der Waals surface area contributed by atoms with Crippen LogP contribution in [0, 0.1) is 18.8 Å². The predicted molar refractivity (Wildman–Crippen MR) is 77.2 cm³/mol. The molecule has 1 saturated heterocycles. The van der Waals surface area contributed by atoms with Gasteiger partial charge in [0.2, 0.25) is 0 Å². The summed E-state index contributed by atoms with van der Waals surface area (Å²) in [5.41, 5.74) is 1.85. The Kier molecular flexibility index (Phi) is 3.99. The van der Waals surface area contributed by atoms with Crippen molar-refractivity contribution in [2.75, 3.05) is 13.1 Å². The first-order chi connectivity index (χ1) is 8.16. The summed E-state index contributed by atoms with van der Waals surface area (Å²) in [6.45, 7) is 4.10. The van der Waals surface area contributed by atoms with Gasteiger partial charge < -0.3 is 10.6 Å². The number of benzene rings is 1. The first-order valence-corrected chi connectivity index (χ1v) is 6.74. The second-order valence-electron chi connectivity index (χ2n) is 4.95. The zero-order valence-electron chi connectivity index (χ0n) is 10.1. The molecular weight excluding hydrogens is 316 g/mol. The fourth-order valence-electron chi connectivity index (χ4n) is 2.65. The number of hydrogen-bond acceptors (Lipinski definition) is 2. The summed E-state index contributed by atoms with van der Waals surface area (Å²) < 4.78 is 1.04. The van der Waals surface area contributed by atoms with E-state index in [4.69, 9.17) is 0 Å². The van der Waals surface area contributed by atoms with E-state index >= 15 is 0 Å². The molecule has 1 aliphatic heterocycles. The molecule has 0 radical (unpaired) electrons. The number of aryl methyl sites for hydroxylation is 1. The van der Waals surface area contributed by atoms with Gasteiger partial charge in [0.05, 0.1) is 0 Å². The highest BCUT2D eigenvalue weighted by Crippen LogP contribution is 2.41. The van der Waals surface area contributed by atoms with Crippen LogP contribution in [0.5, 0.6) is 0 Å². The fourth-order valence-corrected chi connectivity index (χ4v) is 2.90. The van der Waals surface area contributed by atoms with E-state index < -0.39 is 0 Å². The third kappa shape index (κ3) is 2.42. The molecule has 0 bridgehead atoms. The maximum absolute atomic E-state index is 12.0. The van der Waals surface area contributed by atoms with Crippen LogP contribution >= 0.6 is 28.3 Å². The van der Waals surface area contributed by atoms with Gasteiger partial charge in [0.15, 0.2) is 0 Å². The fraction of sp³-hybridized carbons (Fsp3) is 0.462. The molecule has 98 valence electrons. The number of piperidine rings is 1. The summed E-state index contributed by atoms with van der Waals surface area (Å²) in [5, 5.41) is 6.45. The molecular formula is C13H16BrClN2O. The van der Waals surface area contributed by atoms with Crippen LogP contribution in [-0.2, 0) is 0 Å². The van der Waals surface area contributed by atoms with Crippen molar-refractivity contribution in [2.45, 2.75) is 13.0 Å². The number of carbonyl (C=O) groups is 1. The number of amides is 1. The van der Waals surface area contributed by atoms with E-state index in [9.17, 15) is 4.79 Å². The second kappa shape index (κ2) is 5.19. The summed E-state index contributed by atoms with van der Waals surface area (Å²) in [6.07, 6.45) is 0. The molecule has 2 unspecified atom stereocenters. The number of hydrogen-bond donors (Lipinski definition) is 2. The first-order valence-electron chi connectivity index (χ1n) is 5.94. The van der Waals surface area contributed by atoms with Gasteiger partial charge in [0.1, 0.15) is 0 Å². The summed E-state index contributed by atoms with van der Waals surface area (Å²) in [5.74, 6) is 1.38. The molecule has 2 fully saturated rings. The van der Waals surface area contributed by atoms with E-state index in [2.05, 4.69) is 26.6 Å². The van der Waals surface area contributed by atoms with Crippen molar-refractivity contribution in [3.05, 3.63) is 33.8 Å². The van der Waals surface area contributed by atoms with Crippen LogP contribution in [0.3, 0.4) is 0 Å². The Hall–Kier alpha value is -0.580. The van der Waals surface area contributed by atoms with Gasteiger partial charge in [-0.05, 0) is 42.5 Å². The van der Waals surface area contributed by atoms with Crippen molar-refractivity contribution in [3.63, 3.8) is 0 Å². The van der Waals surface area contributed by atoms with Crippen molar-refractivity contribution in [3.8, 4) is 0 Å². The Balaban J connectivity index is 0.00000120. The van der Waals surface area contributed by atoms with Crippen molar-refractivity contribution in [2.24, 2.45) is 11.8 Å². The van der Waals surface area contributed by atoms with Crippen LogP contribution in [0.25, 0.3) is 0 Å². The average Bonchev–Trinajstić information content (AvgIpc) is 2.76. The SMILES string of the molecule is Cc1cc(C(=O)NC2C3CNCC32)ccc1Br.Cl. The van der Waals surface area contributed by atoms with Gasteiger partial charge in [-0.1, -0.05) is 15.9 Å². The van der Waals surface area contributed by atoms with Gasteiger partial charge >= 0.3 is 0 Å². The van der Waals surface area contributed by atoms with Gasteiger partial charge in [-0.2, -0.15) is 0 Å².